The Morgan fingerprint density at radius 2 is 2.28 bits per heavy atom. The number of rotatable bonds is 1. The maximum absolute atomic E-state index is 11.4. The smallest absolute Gasteiger partial charge is 0.409 e. The van der Waals surface area contributed by atoms with Gasteiger partial charge in [-0.1, -0.05) is 0 Å². The average Bonchev–Trinajstić information content (AvgIpc) is 2.40. The molecular weight excluding hydrogens is 232 g/mol. The third kappa shape index (κ3) is 1.73. The maximum atomic E-state index is 11.4. The molecule has 0 unspecified atom stereocenters. The van der Waals surface area contributed by atoms with Crippen LogP contribution in [-0.2, 0) is 4.74 Å². The third-order valence-corrected chi connectivity index (χ3v) is 3.56. The summed E-state index contributed by atoms with van der Waals surface area (Å²) in [5, 5.41) is 3.29. The molecule has 6 nitrogen and oxygen atoms in total. The van der Waals surface area contributed by atoms with Crippen molar-refractivity contribution in [2.75, 3.05) is 20.2 Å². The summed E-state index contributed by atoms with van der Waals surface area (Å²) in [5.74, 6) is 0. The topological polar surface area (TPSA) is 63.1 Å². The molecule has 96 valence electrons. The third-order valence-electron chi connectivity index (χ3n) is 3.56. The van der Waals surface area contributed by atoms with Crippen molar-refractivity contribution in [2.24, 2.45) is 0 Å². The molecule has 0 aliphatic carbocycles. The first-order valence-electron chi connectivity index (χ1n) is 6.12. The lowest BCUT2D eigenvalue weighted by atomic mass is 10.1. The van der Waals surface area contributed by atoms with Crippen molar-refractivity contribution in [3.05, 3.63) is 18.5 Å². The summed E-state index contributed by atoms with van der Waals surface area (Å²) in [6.45, 7) is 1.49. The zero-order valence-corrected chi connectivity index (χ0v) is 10.3. The first kappa shape index (κ1) is 11.1. The number of amides is 1. The number of aromatic nitrogens is 3. The van der Waals surface area contributed by atoms with Crippen molar-refractivity contribution in [1.82, 2.24) is 19.7 Å². The minimum Gasteiger partial charge on any atom is -0.453 e. The minimum atomic E-state index is -0.227. The largest absolute Gasteiger partial charge is 0.453 e. The van der Waals surface area contributed by atoms with Crippen LogP contribution >= 0.6 is 0 Å². The van der Waals surface area contributed by atoms with Gasteiger partial charge in [-0.15, -0.1) is 0 Å². The van der Waals surface area contributed by atoms with Crippen LogP contribution in [0.1, 0.15) is 18.9 Å². The number of fused-ring (bicyclic) bond motifs is 1. The number of H-pyrrole nitrogens is 1. The monoisotopic (exact) mass is 248 g/mol. The first-order valence-corrected chi connectivity index (χ1v) is 6.12. The highest BCUT2D eigenvalue weighted by atomic mass is 16.5. The van der Waals surface area contributed by atoms with Crippen LogP contribution in [0.2, 0.25) is 0 Å². The highest BCUT2D eigenvalue weighted by Crippen LogP contribution is 2.27. The summed E-state index contributed by atoms with van der Waals surface area (Å²) in [6, 6.07) is 2.44. The second-order valence-corrected chi connectivity index (χ2v) is 4.56. The molecular formula is C12H16N4O2. The number of aromatic amines is 1. The van der Waals surface area contributed by atoms with E-state index in [-0.39, 0.29) is 6.09 Å². The Hall–Kier alpha value is -1.98. The Kier molecular flexibility index (Phi) is 2.70. The summed E-state index contributed by atoms with van der Waals surface area (Å²) in [4.78, 5) is 17.2. The summed E-state index contributed by atoms with van der Waals surface area (Å²) in [6.07, 6.45) is 5.30. The predicted octanol–water partition coefficient (Wildman–Crippen LogP) is 1.77. The molecule has 18 heavy (non-hydrogen) atoms. The number of hydrogen-bond acceptors (Lipinski definition) is 3. The fourth-order valence-electron chi connectivity index (χ4n) is 2.54. The van der Waals surface area contributed by atoms with Gasteiger partial charge in [0.1, 0.15) is 0 Å². The van der Waals surface area contributed by atoms with Gasteiger partial charge in [0.25, 0.3) is 0 Å². The van der Waals surface area contributed by atoms with E-state index >= 15 is 0 Å². The SMILES string of the molecule is COC(=O)N1CCC(n2[nH]c3cnccc32)CC1. The van der Waals surface area contributed by atoms with Crippen LogP contribution in [0.25, 0.3) is 11.0 Å². The number of hydrogen-bond donors (Lipinski definition) is 1. The average molecular weight is 248 g/mol. The molecule has 0 saturated carbocycles. The van der Waals surface area contributed by atoms with Crippen molar-refractivity contribution in [1.29, 1.82) is 0 Å². The summed E-state index contributed by atoms with van der Waals surface area (Å²) >= 11 is 0. The van der Waals surface area contributed by atoms with Gasteiger partial charge in [-0.05, 0) is 18.9 Å². The Labute approximate surface area is 105 Å². The molecule has 0 atom stereocenters. The number of methoxy groups -OCH3 is 1. The molecule has 3 heterocycles. The number of ether oxygens (including phenoxy) is 1. The van der Waals surface area contributed by atoms with Crippen LogP contribution in [0.4, 0.5) is 4.79 Å². The maximum Gasteiger partial charge on any atom is 0.409 e. The van der Waals surface area contributed by atoms with Crippen LogP contribution in [0.5, 0.6) is 0 Å². The lowest BCUT2D eigenvalue weighted by Crippen LogP contribution is -2.39. The predicted molar refractivity (Wildman–Crippen MR) is 66.3 cm³/mol. The van der Waals surface area contributed by atoms with Gasteiger partial charge in [0.05, 0.1) is 30.4 Å². The zero-order valence-electron chi connectivity index (χ0n) is 10.3. The van der Waals surface area contributed by atoms with Crippen LogP contribution in [0.3, 0.4) is 0 Å². The van der Waals surface area contributed by atoms with Crippen LogP contribution in [-0.4, -0.2) is 46.0 Å². The Morgan fingerprint density at radius 1 is 1.50 bits per heavy atom. The van der Waals surface area contributed by atoms with Gasteiger partial charge >= 0.3 is 6.09 Å². The molecule has 1 aliphatic heterocycles. The number of nitrogens with one attached hydrogen (secondary N) is 1. The molecule has 0 bridgehead atoms. The van der Waals surface area contributed by atoms with E-state index < -0.39 is 0 Å². The van der Waals surface area contributed by atoms with Gasteiger partial charge in [0.15, 0.2) is 0 Å². The van der Waals surface area contributed by atoms with E-state index in [0.717, 1.165) is 31.4 Å². The molecule has 1 saturated heterocycles. The molecule has 2 aromatic heterocycles. The highest BCUT2D eigenvalue weighted by molar-refractivity contribution is 5.75. The standard InChI is InChI=1S/C12H16N4O2/c1-18-12(17)15-6-3-9(4-7-15)16-11-2-5-13-8-10(11)14-16/h2,5,8-9,14H,3-4,6-7H2,1H3. The molecule has 0 aromatic carbocycles. The lowest BCUT2D eigenvalue weighted by Gasteiger charge is -2.34. The summed E-state index contributed by atoms with van der Waals surface area (Å²) in [5.41, 5.74) is 2.27. The molecule has 6 heteroatoms. The van der Waals surface area contributed by atoms with Gasteiger partial charge in [0.2, 0.25) is 0 Å². The number of piperidine rings is 1. The number of likely N-dealkylation sites (tertiary alicyclic amines) is 1. The molecule has 2 aromatic rings. The van der Waals surface area contributed by atoms with Gasteiger partial charge in [0, 0.05) is 19.3 Å². The van der Waals surface area contributed by atoms with Crippen molar-refractivity contribution < 1.29 is 9.53 Å². The molecule has 0 spiro atoms. The Bertz CT molecular complexity index is 551. The molecule has 3 rings (SSSR count). The van der Waals surface area contributed by atoms with Crippen molar-refractivity contribution in [2.45, 2.75) is 18.9 Å². The van der Waals surface area contributed by atoms with Crippen molar-refractivity contribution >= 4 is 17.1 Å². The van der Waals surface area contributed by atoms with Crippen LogP contribution in [0.15, 0.2) is 18.5 Å². The van der Waals surface area contributed by atoms with Gasteiger partial charge in [-0.25, -0.2) is 4.79 Å². The van der Waals surface area contributed by atoms with E-state index in [1.165, 1.54) is 12.6 Å². The second kappa shape index (κ2) is 4.36. The van der Waals surface area contributed by atoms with Crippen LogP contribution in [0, 0.1) is 0 Å². The van der Waals surface area contributed by atoms with E-state index in [1.807, 2.05) is 12.3 Å². The second-order valence-electron chi connectivity index (χ2n) is 4.56. The highest BCUT2D eigenvalue weighted by Gasteiger charge is 2.25. The fourth-order valence-corrected chi connectivity index (χ4v) is 2.54. The number of carbonyl (C=O) groups is 1. The van der Waals surface area contributed by atoms with Crippen molar-refractivity contribution in [3.8, 4) is 0 Å². The van der Waals surface area contributed by atoms with E-state index in [9.17, 15) is 4.79 Å². The van der Waals surface area contributed by atoms with E-state index in [0.29, 0.717) is 6.04 Å². The van der Waals surface area contributed by atoms with E-state index in [4.69, 9.17) is 4.74 Å². The van der Waals surface area contributed by atoms with Gasteiger partial charge in [-0.2, -0.15) is 0 Å². The quantitative estimate of drug-likeness (QED) is 0.836. The van der Waals surface area contributed by atoms with E-state index in [1.54, 1.807) is 11.1 Å². The molecule has 0 radical (unpaired) electrons. The molecule has 1 aliphatic rings. The molecule has 1 N–H and O–H groups in total. The first-order chi connectivity index (χ1) is 8.79. The number of pyridine rings is 1. The molecule has 1 fully saturated rings. The summed E-state index contributed by atoms with van der Waals surface area (Å²) < 4.78 is 6.90. The van der Waals surface area contributed by atoms with Crippen molar-refractivity contribution in [3.63, 3.8) is 0 Å². The lowest BCUT2D eigenvalue weighted by molar-refractivity contribution is 0.106. The molecule has 1 amide bonds. The Morgan fingerprint density at radius 3 is 2.94 bits per heavy atom. The zero-order chi connectivity index (χ0) is 12.5. The minimum absolute atomic E-state index is 0.227. The Balaban J connectivity index is 1.69. The van der Waals surface area contributed by atoms with Gasteiger partial charge < -0.3 is 9.64 Å². The summed E-state index contributed by atoms with van der Waals surface area (Å²) in [7, 11) is 1.43. The normalized spacial score (nSPS) is 17.3. The van der Waals surface area contributed by atoms with Gasteiger partial charge in [-0.3, -0.25) is 14.8 Å². The fraction of sp³-hybridized carbons (Fsp3) is 0.500. The van der Waals surface area contributed by atoms with Crippen LogP contribution < -0.4 is 0 Å². The van der Waals surface area contributed by atoms with E-state index in [2.05, 4.69) is 14.8 Å². The number of carbonyl (C=O) groups excluding carboxylic acids is 1. The number of nitrogens with zero attached hydrogens (tertiary/aromatic N) is 3.